The van der Waals surface area contributed by atoms with Gasteiger partial charge >= 0.3 is 27.6 Å². The number of carbonyl (C=O) groups excluding carboxylic acids is 3. The lowest BCUT2D eigenvalue weighted by Crippen LogP contribution is -2.29. The molecule has 0 radical (unpaired) electrons. The van der Waals surface area contributed by atoms with Crippen LogP contribution >= 0.6 is 15.6 Å². The number of ether oxygens (including phenoxy) is 2. The maximum atomic E-state index is 12.8. The van der Waals surface area contributed by atoms with Gasteiger partial charge in [-0.25, -0.2) is 9.13 Å². The minimum atomic E-state index is -4.89. The zero-order chi connectivity index (χ0) is 45.2. The van der Waals surface area contributed by atoms with Gasteiger partial charge in [-0.2, -0.15) is 0 Å². The number of ketones is 1. The quantitative estimate of drug-likeness (QED) is 0.0168. The van der Waals surface area contributed by atoms with Gasteiger partial charge in [0.2, 0.25) is 0 Å². The van der Waals surface area contributed by atoms with Gasteiger partial charge in [0.05, 0.1) is 25.9 Å². The van der Waals surface area contributed by atoms with Crippen molar-refractivity contribution in [3.63, 3.8) is 0 Å². The van der Waals surface area contributed by atoms with Gasteiger partial charge in [0.1, 0.15) is 12.7 Å². The predicted molar refractivity (Wildman–Crippen MR) is 234 cm³/mol. The van der Waals surface area contributed by atoms with E-state index in [1.54, 1.807) is 18.2 Å². The molecule has 0 aromatic carbocycles. The highest BCUT2D eigenvalue weighted by molar-refractivity contribution is 7.47. The number of rotatable bonds is 39. The van der Waals surface area contributed by atoms with E-state index in [4.69, 9.17) is 23.8 Å². The van der Waals surface area contributed by atoms with Crippen LogP contribution in [0.25, 0.3) is 0 Å². The lowest BCUT2D eigenvalue weighted by molar-refractivity contribution is -0.161. The summed E-state index contributed by atoms with van der Waals surface area (Å²) in [7, 11) is -9.76. The summed E-state index contributed by atoms with van der Waals surface area (Å²) in [5, 5.41) is 20.0. The van der Waals surface area contributed by atoms with Crippen molar-refractivity contribution < 1.29 is 71.5 Å². The van der Waals surface area contributed by atoms with Gasteiger partial charge in [0, 0.05) is 18.8 Å². The van der Waals surface area contributed by atoms with Gasteiger partial charge in [-0.3, -0.25) is 28.0 Å². The fraction of sp³-hybridized carbons (Fsp3) is 0.750. The Labute approximate surface area is 364 Å². The molecular formula is C44H76O15P2. The number of esters is 2. The molecule has 0 saturated heterocycles. The van der Waals surface area contributed by atoms with Gasteiger partial charge in [-0.05, 0) is 69.8 Å². The Morgan fingerprint density at radius 3 is 1.92 bits per heavy atom. The van der Waals surface area contributed by atoms with Crippen LogP contribution in [0.4, 0.5) is 0 Å². The number of hydrogen-bond acceptors (Lipinski definition) is 12. The van der Waals surface area contributed by atoms with E-state index in [9.17, 15) is 38.6 Å². The van der Waals surface area contributed by atoms with Crippen molar-refractivity contribution in [1.82, 2.24) is 0 Å². The van der Waals surface area contributed by atoms with Gasteiger partial charge < -0.3 is 34.4 Å². The Bertz CT molecular complexity index is 1410. The molecule has 0 aliphatic heterocycles. The number of hydrogen-bond donors (Lipinski definition) is 5. The molecule has 0 saturated carbocycles. The molecule has 1 unspecified atom stereocenters. The second kappa shape index (κ2) is 35.1. The topological polar surface area (TPSA) is 233 Å². The number of aliphatic hydroxyl groups is 2. The normalized spacial score (nSPS) is 18.3. The van der Waals surface area contributed by atoms with E-state index < -0.39 is 72.3 Å². The smallest absolute Gasteiger partial charge is 0.462 e. The second-order valence-electron chi connectivity index (χ2n) is 15.6. The van der Waals surface area contributed by atoms with Crippen LogP contribution in [0.3, 0.4) is 0 Å². The number of carbonyl (C=O) groups is 3. The van der Waals surface area contributed by atoms with E-state index in [0.29, 0.717) is 32.1 Å². The third-order valence-electron chi connectivity index (χ3n) is 9.93. The molecule has 0 amide bonds. The van der Waals surface area contributed by atoms with Gasteiger partial charge in [0.15, 0.2) is 11.9 Å². The lowest BCUT2D eigenvalue weighted by atomic mass is 9.90. The fourth-order valence-electron chi connectivity index (χ4n) is 6.39. The standard InChI is InChI=1S/C44H76O15P2/c1-3-5-7-8-9-10-11-12-13-14-15-16-17-18-23-27-43(48)55-35-40(36-58-61(53,54)57-34-39(46)33-56-60(50,51)52)59-44(49)28-24-20-19-22-25-37-29-32-42(47)41(37)31-30-38(45)26-21-6-4-2/h12-13,19,22,29-32,37-41,45-46H,3-11,14-18,20-21,23-28,33-36H2,1-2H3,(H,53,54)(H2,50,51,52)/b13-12-,22-19-,31-30+/t37-,38-,39-,40+,41+/m0/s1. The Morgan fingerprint density at radius 1 is 0.689 bits per heavy atom. The van der Waals surface area contributed by atoms with E-state index in [0.717, 1.165) is 57.8 Å². The first-order valence-corrected chi connectivity index (χ1v) is 25.4. The van der Waals surface area contributed by atoms with E-state index in [2.05, 4.69) is 35.0 Å². The first kappa shape index (κ1) is 56.7. The van der Waals surface area contributed by atoms with Gasteiger partial charge in [-0.1, -0.05) is 127 Å². The minimum Gasteiger partial charge on any atom is -0.462 e. The Kier molecular flexibility index (Phi) is 32.6. The molecular weight excluding hydrogens is 830 g/mol. The summed E-state index contributed by atoms with van der Waals surface area (Å²) >= 11 is 0. The Morgan fingerprint density at radius 2 is 1.25 bits per heavy atom. The number of aliphatic hydroxyl groups excluding tert-OH is 2. The molecule has 61 heavy (non-hydrogen) atoms. The molecule has 0 aromatic rings. The van der Waals surface area contributed by atoms with Crippen molar-refractivity contribution in [3.05, 3.63) is 48.6 Å². The van der Waals surface area contributed by atoms with Crippen LogP contribution < -0.4 is 0 Å². The predicted octanol–water partition coefficient (Wildman–Crippen LogP) is 9.07. The number of allylic oxidation sites excluding steroid dienone is 7. The third-order valence-corrected chi connectivity index (χ3v) is 11.4. The van der Waals surface area contributed by atoms with Crippen LogP contribution in [0.1, 0.15) is 155 Å². The zero-order valence-corrected chi connectivity index (χ0v) is 38.4. The molecule has 352 valence electrons. The van der Waals surface area contributed by atoms with Crippen LogP contribution in [0.15, 0.2) is 48.6 Å². The highest BCUT2D eigenvalue weighted by Crippen LogP contribution is 2.44. The Hall–Kier alpha value is -2.29. The minimum absolute atomic E-state index is 0.0000776. The maximum absolute atomic E-state index is 12.8. The fourth-order valence-corrected chi connectivity index (χ4v) is 7.55. The summed E-state index contributed by atoms with van der Waals surface area (Å²) in [4.78, 5) is 65.3. The van der Waals surface area contributed by atoms with Gasteiger partial charge in [-0.15, -0.1) is 0 Å². The summed E-state index contributed by atoms with van der Waals surface area (Å²) in [5.41, 5.74) is 0. The van der Waals surface area contributed by atoms with Crippen molar-refractivity contribution in [1.29, 1.82) is 0 Å². The number of phosphoric ester groups is 2. The Balaban J connectivity index is 2.54. The summed E-state index contributed by atoms with van der Waals surface area (Å²) in [6.45, 7) is 1.42. The molecule has 0 spiro atoms. The summed E-state index contributed by atoms with van der Waals surface area (Å²) < 4.78 is 47.8. The van der Waals surface area contributed by atoms with Crippen molar-refractivity contribution in [2.24, 2.45) is 11.8 Å². The first-order valence-electron chi connectivity index (χ1n) is 22.4. The van der Waals surface area contributed by atoms with E-state index in [1.807, 2.05) is 18.2 Å². The highest BCUT2D eigenvalue weighted by Gasteiger charge is 2.29. The van der Waals surface area contributed by atoms with Crippen molar-refractivity contribution in [2.45, 2.75) is 173 Å². The monoisotopic (exact) mass is 906 g/mol. The largest absolute Gasteiger partial charge is 0.472 e. The van der Waals surface area contributed by atoms with E-state index >= 15 is 0 Å². The third kappa shape index (κ3) is 33.0. The zero-order valence-electron chi connectivity index (χ0n) is 36.6. The molecule has 15 nitrogen and oxygen atoms in total. The maximum Gasteiger partial charge on any atom is 0.472 e. The molecule has 0 heterocycles. The second-order valence-corrected chi connectivity index (χ2v) is 18.3. The molecule has 1 rings (SSSR count). The SMILES string of the molecule is CCCCCCCC/C=C\CCCCCCCC(=O)OC[C@H](COP(=O)(O)OC[C@@H](O)COP(=O)(O)O)OC(=O)CCC/C=C\C[C@H]1C=CC(=O)[C@@H]1/C=C/[C@@H](O)CCCCC. The van der Waals surface area contributed by atoms with Crippen molar-refractivity contribution in [3.8, 4) is 0 Å². The molecule has 17 heteroatoms. The number of phosphoric acid groups is 2. The summed E-state index contributed by atoms with van der Waals surface area (Å²) in [6.07, 6.45) is 31.6. The molecule has 1 aliphatic carbocycles. The van der Waals surface area contributed by atoms with E-state index in [-0.39, 0.29) is 30.5 Å². The highest BCUT2D eigenvalue weighted by atomic mass is 31.2. The molecule has 0 aromatic heterocycles. The molecule has 0 fully saturated rings. The first-order chi connectivity index (χ1) is 29.2. The van der Waals surface area contributed by atoms with Crippen LogP contribution in [-0.2, 0) is 46.6 Å². The molecule has 5 N–H and O–H groups in total. The summed E-state index contributed by atoms with van der Waals surface area (Å²) in [5.74, 6) is -1.56. The van der Waals surface area contributed by atoms with Crippen LogP contribution in [-0.4, -0.2) is 87.4 Å². The van der Waals surface area contributed by atoms with Crippen LogP contribution in [0, 0.1) is 11.8 Å². The van der Waals surface area contributed by atoms with Crippen LogP contribution in [0.2, 0.25) is 0 Å². The molecule has 6 atom stereocenters. The molecule has 1 aliphatic rings. The average Bonchev–Trinajstić information content (AvgIpc) is 3.57. The van der Waals surface area contributed by atoms with Crippen molar-refractivity contribution >= 4 is 33.4 Å². The number of unbranched alkanes of at least 4 members (excludes halogenated alkanes) is 14. The average molecular weight is 907 g/mol. The van der Waals surface area contributed by atoms with Crippen LogP contribution in [0.5, 0.6) is 0 Å². The van der Waals surface area contributed by atoms with Gasteiger partial charge in [0.25, 0.3) is 0 Å². The van der Waals surface area contributed by atoms with Crippen molar-refractivity contribution in [2.75, 3.05) is 26.4 Å². The molecule has 0 bridgehead atoms. The lowest BCUT2D eigenvalue weighted by Gasteiger charge is -2.20. The summed E-state index contributed by atoms with van der Waals surface area (Å²) in [6, 6.07) is 0. The van der Waals surface area contributed by atoms with E-state index in [1.165, 1.54) is 38.5 Å².